The molecule has 1 saturated carbocycles. The molecule has 23 heavy (non-hydrogen) atoms. The maximum Gasteiger partial charge on any atom is 0.273 e. The standard InChI is InChI=1S/C16H18N2O4S/c1-23(20,21)10-14-18-13(9-22-14)15(19)17-11-16(7-8-16)12-5-3-2-4-6-12/h2-6,9H,7-8,10-11H2,1H3,(H,17,19). The van der Waals surface area contributed by atoms with Crippen molar-refractivity contribution >= 4 is 15.7 Å². The highest BCUT2D eigenvalue weighted by Crippen LogP contribution is 2.47. The van der Waals surface area contributed by atoms with Crippen molar-refractivity contribution in [2.45, 2.75) is 24.0 Å². The summed E-state index contributed by atoms with van der Waals surface area (Å²) in [5.74, 6) is -0.633. The van der Waals surface area contributed by atoms with Crippen molar-refractivity contribution in [3.63, 3.8) is 0 Å². The van der Waals surface area contributed by atoms with E-state index in [-0.39, 0.29) is 28.7 Å². The lowest BCUT2D eigenvalue weighted by Gasteiger charge is -2.15. The number of hydrogen-bond donors (Lipinski definition) is 1. The Morgan fingerprint density at radius 1 is 1.30 bits per heavy atom. The van der Waals surface area contributed by atoms with Crippen LogP contribution < -0.4 is 5.32 Å². The Kier molecular flexibility index (Phi) is 3.97. The van der Waals surface area contributed by atoms with Crippen molar-refractivity contribution in [3.05, 3.63) is 53.7 Å². The summed E-state index contributed by atoms with van der Waals surface area (Å²) < 4.78 is 27.4. The van der Waals surface area contributed by atoms with Crippen LogP contribution in [0, 0.1) is 0 Å². The molecule has 0 radical (unpaired) electrons. The fourth-order valence-corrected chi connectivity index (χ4v) is 3.14. The monoisotopic (exact) mass is 334 g/mol. The van der Waals surface area contributed by atoms with Crippen LogP contribution in [0.1, 0.15) is 34.8 Å². The van der Waals surface area contributed by atoms with Gasteiger partial charge < -0.3 is 9.73 Å². The number of rotatable bonds is 6. The molecule has 0 spiro atoms. The molecular weight excluding hydrogens is 316 g/mol. The summed E-state index contributed by atoms with van der Waals surface area (Å²) in [6.45, 7) is 0.532. The summed E-state index contributed by atoms with van der Waals surface area (Å²) >= 11 is 0. The molecule has 6 nitrogen and oxygen atoms in total. The van der Waals surface area contributed by atoms with Gasteiger partial charge in [-0.1, -0.05) is 30.3 Å². The number of hydrogen-bond acceptors (Lipinski definition) is 5. The minimum Gasteiger partial charge on any atom is -0.447 e. The molecule has 1 aromatic carbocycles. The van der Waals surface area contributed by atoms with Crippen LogP contribution in [0.3, 0.4) is 0 Å². The van der Waals surface area contributed by atoms with Crippen molar-refractivity contribution < 1.29 is 17.6 Å². The zero-order valence-electron chi connectivity index (χ0n) is 12.8. The number of benzene rings is 1. The van der Waals surface area contributed by atoms with Gasteiger partial charge in [-0.05, 0) is 18.4 Å². The minimum atomic E-state index is -3.24. The van der Waals surface area contributed by atoms with Crippen molar-refractivity contribution in [2.24, 2.45) is 0 Å². The van der Waals surface area contributed by atoms with E-state index in [1.165, 1.54) is 11.8 Å². The van der Waals surface area contributed by atoms with E-state index >= 15 is 0 Å². The lowest BCUT2D eigenvalue weighted by molar-refractivity contribution is 0.0944. The Balaban J connectivity index is 1.62. The van der Waals surface area contributed by atoms with E-state index in [2.05, 4.69) is 22.4 Å². The third-order valence-electron chi connectivity index (χ3n) is 4.00. The van der Waals surface area contributed by atoms with Gasteiger partial charge in [0.2, 0.25) is 5.89 Å². The maximum absolute atomic E-state index is 12.1. The maximum atomic E-state index is 12.1. The highest BCUT2D eigenvalue weighted by molar-refractivity contribution is 7.89. The van der Waals surface area contributed by atoms with Gasteiger partial charge in [0.15, 0.2) is 15.5 Å². The summed E-state index contributed by atoms with van der Waals surface area (Å²) in [5.41, 5.74) is 1.33. The Bertz CT molecular complexity index is 808. The van der Waals surface area contributed by atoms with Crippen LogP contribution in [-0.2, 0) is 21.0 Å². The van der Waals surface area contributed by atoms with Crippen LogP contribution in [-0.4, -0.2) is 32.1 Å². The molecule has 2 aromatic rings. The van der Waals surface area contributed by atoms with Gasteiger partial charge in [-0.3, -0.25) is 4.79 Å². The fourth-order valence-electron chi connectivity index (χ4n) is 2.56. The first-order chi connectivity index (χ1) is 10.9. The van der Waals surface area contributed by atoms with Gasteiger partial charge in [-0.2, -0.15) is 0 Å². The van der Waals surface area contributed by atoms with Crippen molar-refractivity contribution in [1.82, 2.24) is 10.3 Å². The summed E-state index contributed by atoms with van der Waals surface area (Å²) in [5, 5.41) is 2.87. The van der Waals surface area contributed by atoms with Crippen LogP contribution in [0.2, 0.25) is 0 Å². The second-order valence-corrected chi connectivity index (χ2v) is 8.17. The number of carbonyl (C=O) groups excluding carboxylic acids is 1. The summed E-state index contributed by atoms with van der Waals surface area (Å²) in [7, 11) is -3.24. The predicted molar refractivity (Wildman–Crippen MR) is 84.7 cm³/mol. The average Bonchev–Trinajstić information content (AvgIpc) is 3.17. The van der Waals surface area contributed by atoms with E-state index in [0.717, 1.165) is 19.1 Å². The molecule has 0 bridgehead atoms. The van der Waals surface area contributed by atoms with E-state index in [1.54, 1.807) is 0 Å². The molecule has 0 unspecified atom stereocenters. The second-order valence-electron chi connectivity index (χ2n) is 6.03. The number of carbonyl (C=O) groups is 1. The Morgan fingerprint density at radius 3 is 2.61 bits per heavy atom. The Morgan fingerprint density at radius 2 is 2.00 bits per heavy atom. The average molecular weight is 334 g/mol. The summed E-state index contributed by atoms with van der Waals surface area (Å²) in [4.78, 5) is 16.1. The van der Waals surface area contributed by atoms with Crippen LogP contribution >= 0.6 is 0 Å². The first-order valence-corrected chi connectivity index (χ1v) is 9.40. The Labute approximate surface area is 134 Å². The smallest absolute Gasteiger partial charge is 0.273 e. The number of nitrogens with one attached hydrogen (secondary N) is 1. The van der Waals surface area contributed by atoms with Gasteiger partial charge in [-0.15, -0.1) is 0 Å². The van der Waals surface area contributed by atoms with Gasteiger partial charge >= 0.3 is 0 Å². The van der Waals surface area contributed by atoms with E-state index in [4.69, 9.17) is 4.42 Å². The molecule has 1 fully saturated rings. The van der Waals surface area contributed by atoms with Crippen molar-refractivity contribution in [2.75, 3.05) is 12.8 Å². The number of amides is 1. The third-order valence-corrected chi connectivity index (χ3v) is 4.77. The highest BCUT2D eigenvalue weighted by atomic mass is 32.2. The summed E-state index contributed by atoms with van der Waals surface area (Å²) in [6.07, 6.45) is 4.36. The Hall–Kier alpha value is -2.15. The fraction of sp³-hybridized carbons (Fsp3) is 0.375. The van der Waals surface area contributed by atoms with Gasteiger partial charge in [0.1, 0.15) is 12.0 Å². The SMILES string of the molecule is CS(=O)(=O)Cc1nc(C(=O)NCC2(c3ccccc3)CC2)co1. The zero-order chi connectivity index (χ0) is 16.5. The molecule has 122 valence electrons. The van der Waals surface area contributed by atoms with Crippen LogP contribution in [0.5, 0.6) is 0 Å². The first kappa shape index (κ1) is 15.7. The largest absolute Gasteiger partial charge is 0.447 e. The molecule has 1 aliphatic rings. The molecule has 1 amide bonds. The van der Waals surface area contributed by atoms with Gasteiger partial charge in [-0.25, -0.2) is 13.4 Å². The molecule has 3 rings (SSSR count). The van der Waals surface area contributed by atoms with Gasteiger partial charge in [0.25, 0.3) is 5.91 Å². The molecule has 7 heteroatoms. The van der Waals surface area contributed by atoms with Crippen LogP contribution in [0.4, 0.5) is 0 Å². The first-order valence-electron chi connectivity index (χ1n) is 7.34. The second kappa shape index (κ2) is 5.81. The molecule has 0 saturated heterocycles. The van der Waals surface area contributed by atoms with E-state index in [1.807, 2.05) is 18.2 Å². The van der Waals surface area contributed by atoms with Gasteiger partial charge in [0.05, 0.1) is 0 Å². The number of nitrogens with zero attached hydrogens (tertiary/aromatic N) is 1. The summed E-state index contributed by atoms with van der Waals surface area (Å²) in [6, 6.07) is 10.1. The molecule has 1 heterocycles. The van der Waals surface area contributed by atoms with E-state index in [0.29, 0.717) is 6.54 Å². The number of sulfone groups is 1. The molecular formula is C16H18N2O4S. The highest BCUT2D eigenvalue weighted by Gasteiger charge is 2.44. The lowest BCUT2D eigenvalue weighted by Crippen LogP contribution is -2.32. The van der Waals surface area contributed by atoms with Crippen LogP contribution in [0.25, 0.3) is 0 Å². The van der Waals surface area contributed by atoms with Crippen molar-refractivity contribution in [1.29, 1.82) is 0 Å². The molecule has 0 aliphatic heterocycles. The zero-order valence-corrected chi connectivity index (χ0v) is 13.6. The van der Waals surface area contributed by atoms with Crippen molar-refractivity contribution in [3.8, 4) is 0 Å². The molecule has 1 N–H and O–H groups in total. The van der Waals surface area contributed by atoms with E-state index < -0.39 is 9.84 Å². The van der Waals surface area contributed by atoms with Crippen LogP contribution in [0.15, 0.2) is 41.0 Å². The third kappa shape index (κ3) is 3.79. The molecule has 0 atom stereocenters. The lowest BCUT2D eigenvalue weighted by atomic mass is 9.96. The number of oxazole rings is 1. The van der Waals surface area contributed by atoms with E-state index in [9.17, 15) is 13.2 Å². The molecule has 1 aromatic heterocycles. The predicted octanol–water partition coefficient (Wildman–Crippen LogP) is 1.68. The minimum absolute atomic E-state index is 0.0102. The topological polar surface area (TPSA) is 89.3 Å². The molecule has 1 aliphatic carbocycles. The van der Waals surface area contributed by atoms with Gasteiger partial charge in [0, 0.05) is 18.2 Å². The number of aromatic nitrogens is 1. The normalized spacial score (nSPS) is 16.0. The quantitative estimate of drug-likeness (QED) is 0.868.